The predicted molar refractivity (Wildman–Crippen MR) is 61.5 cm³/mol. The van der Waals surface area contributed by atoms with Gasteiger partial charge in [-0.25, -0.2) is 18.2 Å². The number of nitrogens with zero attached hydrogens (tertiary/aromatic N) is 1. The van der Waals surface area contributed by atoms with Crippen molar-refractivity contribution >= 4 is 32.7 Å². The molecule has 0 fully saturated rings. The number of fused-ring (bicyclic) bond motifs is 1. The molecule has 0 saturated heterocycles. The van der Waals surface area contributed by atoms with Crippen LogP contribution in [0.5, 0.6) is 0 Å². The van der Waals surface area contributed by atoms with E-state index >= 15 is 0 Å². The summed E-state index contributed by atoms with van der Waals surface area (Å²) in [5.74, 6) is -0.947. The van der Waals surface area contributed by atoms with Crippen molar-refractivity contribution in [2.75, 3.05) is 11.0 Å². The van der Waals surface area contributed by atoms with E-state index < -0.39 is 16.0 Å². The molecular weight excluding hydrogens is 246 g/mol. The lowest BCUT2D eigenvalue weighted by Crippen LogP contribution is -2.10. The van der Waals surface area contributed by atoms with Crippen LogP contribution >= 0.6 is 0 Å². The summed E-state index contributed by atoms with van der Waals surface area (Å²) in [4.78, 5) is 17.2. The summed E-state index contributed by atoms with van der Waals surface area (Å²) in [6.07, 6.45) is 2.40. The molecule has 0 aliphatic heterocycles. The molecule has 0 bridgehead atoms. The minimum Gasteiger partial charge on any atom is -0.477 e. The number of pyridine rings is 1. The monoisotopic (exact) mass is 255 g/mol. The van der Waals surface area contributed by atoms with Crippen LogP contribution in [-0.4, -0.2) is 35.7 Å². The smallest absolute Gasteiger partial charge is 0.352 e. The fourth-order valence-electron chi connectivity index (χ4n) is 1.39. The Morgan fingerprint density at radius 2 is 2.18 bits per heavy atom. The predicted octanol–water partition coefficient (Wildman–Crippen LogP) is 0.633. The SMILES string of the molecule is CS(=O)(=O)Nc1cc2[nH]c(C(=O)O)cc2cn1. The summed E-state index contributed by atoms with van der Waals surface area (Å²) >= 11 is 0. The molecule has 2 rings (SSSR count). The van der Waals surface area contributed by atoms with Crippen molar-refractivity contribution in [1.29, 1.82) is 0 Å². The molecule has 8 heteroatoms. The molecule has 2 aromatic heterocycles. The molecule has 0 radical (unpaired) electrons. The lowest BCUT2D eigenvalue weighted by molar-refractivity contribution is 0.0691. The van der Waals surface area contributed by atoms with Crippen LogP contribution in [0.2, 0.25) is 0 Å². The van der Waals surface area contributed by atoms with Crippen molar-refractivity contribution in [2.24, 2.45) is 0 Å². The second-order valence-electron chi connectivity index (χ2n) is 3.52. The number of hydrogen-bond donors (Lipinski definition) is 3. The summed E-state index contributed by atoms with van der Waals surface area (Å²) in [5.41, 5.74) is 0.529. The van der Waals surface area contributed by atoms with Crippen LogP contribution in [0.25, 0.3) is 10.9 Å². The zero-order valence-electron chi connectivity index (χ0n) is 8.76. The van der Waals surface area contributed by atoms with Crippen LogP contribution in [-0.2, 0) is 10.0 Å². The van der Waals surface area contributed by atoms with Crippen LogP contribution < -0.4 is 4.72 Å². The Morgan fingerprint density at radius 1 is 1.47 bits per heavy atom. The molecular formula is C9H9N3O4S. The average Bonchev–Trinajstić information content (AvgIpc) is 2.57. The molecule has 0 saturated carbocycles. The number of carboxylic acid groups (broad SMARTS) is 1. The van der Waals surface area contributed by atoms with Crippen LogP contribution in [0.3, 0.4) is 0 Å². The Kier molecular flexibility index (Phi) is 2.50. The summed E-state index contributed by atoms with van der Waals surface area (Å²) < 4.78 is 24.2. The molecule has 0 aliphatic rings. The van der Waals surface area contributed by atoms with E-state index in [0.717, 1.165) is 6.26 Å². The van der Waals surface area contributed by atoms with Gasteiger partial charge in [0.2, 0.25) is 10.0 Å². The maximum atomic E-state index is 11.0. The van der Waals surface area contributed by atoms with E-state index in [-0.39, 0.29) is 11.5 Å². The molecule has 90 valence electrons. The van der Waals surface area contributed by atoms with Gasteiger partial charge in [0, 0.05) is 17.6 Å². The van der Waals surface area contributed by atoms with E-state index in [9.17, 15) is 13.2 Å². The summed E-state index contributed by atoms with van der Waals surface area (Å²) in [5, 5.41) is 9.38. The molecule has 17 heavy (non-hydrogen) atoms. The highest BCUT2D eigenvalue weighted by molar-refractivity contribution is 7.92. The van der Waals surface area contributed by atoms with Gasteiger partial charge in [-0.2, -0.15) is 0 Å². The Labute approximate surface area is 96.5 Å². The number of aromatic carboxylic acids is 1. The Hall–Kier alpha value is -2.09. The summed E-state index contributed by atoms with van der Waals surface area (Å²) in [6.45, 7) is 0. The minimum atomic E-state index is -3.40. The van der Waals surface area contributed by atoms with E-state index in [1.54, 1.807) is 0 Å². The first kappa shape index (κ1) is 11.4. The quantitative estimate of drug-likeness (QED) is 0.744. The summed E-state index contributed by atoms with van der Waals surface area (Å²) in [6, 6.07) is 2.86. The molecule has 0 spiro atoms. The second kappa shape index (κ2) is 3.74. The van der Waals surface area contributed by atoms with Gasteiger partial charge in [-0.3, -0.25) is 4.72 Å². The maximum Gasteiger partial charge on any atom is 0.352 e. The average molecular weight is 255 g/mol. The Bertz CT molecular complexity index is 689. The lowest BCUT2D eigenvalue weighted by Gasteiger charge is -2.01. The number of rotatable bonds is 3. The highest BCUT2D eigenvalue weighted by Gasteiger charge is 2.09. The third kappa shape index (κ3) is 2.53. The van der Waals surface area contributed by atoms with Gasteiger partial charge in [-0.05, 0) is 6.07 Å². The molecule has 3 N–H and O–H groups in total. The van der Waals surface area contributed by atoms with Crippen LogP contribution in [0.1, 0.15) is 10.5 Å². The van der Waals surface area contributed by atoms with Crippen molar-refractivity contribution in [3.05, 3.63) is 24.0 Å². The molecule has 7 nitrogen and oxygen atoms in total. The van der Waals surface area contributed by atoms with E-state index in [1.807, 2.05) is 0 Å². The molecule has 0 aromatic carbocycles. The number of H-pyrrole nitrogens is 1. The van der Waals surface area contributed by atoms with E-state index in [0.29, 0.717) is 10.9 Å². The Morgan fingerprint density at radius 3 is 2.76 bits per heavy atom. The van der Waals surface area contributed by atoms with Crippen molar-refractivity contribution in [2.45, 2.75) is 0 Å². The molecule has 0 atom stereocenters. The standard InChI is InChI=1S/C9H9N3O4S/c1-17(15,16)12-8-3-6-5(4-10-8)2-7(11-6)9(13)14/h2-4,11H,1H3,(H,10,12)(H,13,14). The van der Waals surface area contributed by atoms with Crippen LogP contribution in [0.4, 0.5) is 5.82 Å². The molecule has 0 unspecified atom stereocenters. The first-order valence-corrected chi connectivity index (χ1v) is 6.44. The van der Waals surface area contributed by atoms with Gasteiger partial charge in [0.15, 0.2) is 0 Å². The van der Waals surface area contributed by atoms with Gasteiger partial charge in [0.05, 0.1) is 11.8 Å². The highest BCUT2D eigenvalue weighted by atomic mass is 32.2. The Balaban J connectivity index is 2.47. The van der Waals surface area contributed by atoms with Gasteiger partial charge >= 0.3 is 5.97 Å². The number of sulfonamides is 1. The number of aromatic amines is 1. The van der Waals surface area contributed by atoms with Gasteiger partial charge in [-0.1, -0.05) is 0 Å². The van der Waals surface area contributed by atoms with Gasteiger partial charge in [-0.15, -0.1) is 0 Å². The van der Waals surface area contributed by atoms with Crippen molar-refractivity contribution in [3.8, 4) is 0 Å². The van der Waals surface area contributed by atoms with Gasteiger partial charge in [0.25, 0.3) is 0 Å². The maximum absolute atomic E-state index is 11.0. The normalized spacial score (nSPS) is 11.6. The number of carbonyl (C=O) groups is 1. The molecule has 2 aromatic rings. The second-order valence-corrected chi connectivity index (χ2v) is 5.27. The van der Waals surface area contributed by atoms with Crippen LogP contribution in [0, 0.1) is 0 Å². The highest BCUT2D eigenvalue weighted by Crippen LogP contribution is 2.18. The van der Waals surface area contributed by atoms with Crippen LogP contribution in [0.15, 0.2) is 18.3 Å². The first-order valence-electron chi connectivity index (χ1n) is 4.55. The van der Waals surface area contributed by atoms with E-state index in [2.05, 4.69) is 14.7 Å². The van der Waals surface area contributed by atoms with E-state index in [4.69, 9.17) is 5.11 Å². The fourth-order valence-corrected chi connectivity index (χ4v) is 1.88. The van der Waals surface area contributed by atoms with Gasteiger partial charge < -0.3 is 10.1 Å². The van der Waals surface area contributed by atoms with Crippen molar-refractivity contribution in [3.63, 3.8) is 0 Å². The molecule has 0 amide bonds. The fraction of sp³-hybridized carbons (Fsp3) is 0.111. The number of nitrogens with one attached hydrogen (secondary N) is 2. The minimum absolute atomic E-state index is 0.0262. The number of hydrogen-bond acceptors (Lipinski definition) is 4. The zero-order chi connectivity index (χ0) is 12.6. The number of aromatic nitrogens is 2. The third-order valence-electron chi connectivity index (χ3n) is 2.02. The van der Waals surface area contributed by atoms with Crippen molar-refractivity contribution < 1.29 is 18.3 Å². The largest absolute Gasteiger partial charge is 0.477 e. The number of anilines is 1. The topological polar surface area (TPSA) is 112 Å². The lowest BCUT2D eigenvalue weighted by atomic mass is 10.3. The van der Waals surface area contributed by atoms with E-state index in [1.165, 1.54) is 18.3 Å². The third-order valence-corrected chi connectivity index (χ3v) is 2.60. The molecule has 2 heterocycles. The summed E-state index contributed by atoms with van der Waals surface area (Å²) in [7, 11) is -3.40. The number of carboxylic acids is 1. The zero-order valence-corrected chi connectivity index (χ0v) is 9.58. The first-order chi connectivity index (χ1) is 7.85. The van der Waals surface area contributed by atoms with Gasteiger partial charge in [0.1, 0.15) is 11.5 Å². The van der Waals surface area contributed by atoms with Crippen molar-refractivity contribution in [1.82, 2.24) is 9.97 Å². The molecule has 0 aliphatic carbocycles.